The van der Waals surface area contributed by atoms with Gasteiger partial charge >= 0.3 is 0 Å². The molecule has 6 nitrogen and oxygen atoms in total. The number of para-hydroxylation sites is 2. The summed E-state index contributed by atoms with van der Waals surface area (Å²) in [5.74, 6) is 0.443. The molecule has 33 heavy (non-hydrogen) atoms. The molecule has 1 saturated carbocycles. The number of rotatable bonds is 4. The van der Waals surface area contributed by atoms with Gasteiger partial charge in [0.1, 0.15) is 5.54 Å². The predicted molar refractivity (Wildman–Crippen MR) is 129 cm³/mol. The number of nitrogens with one attached hydrogen (secondary N) is 1. The molecule has 1 aliphatic carbocycles. The van der Waals surface area contributed by atoms with E-state index in [1.807, 2.05) is 54.0 Å². The van der Waals surface area contributed by atoms with Gasteiger partial charge in [0.25, 0.3) is 5.91 Å². The number of halogens is 1. The van der Waals surface area contributed by atoms with E-state index >= 15 is 0 Å². The second kappa shape index (κ2) is 8.49. The van der Waals surface area contributed by atoms with Crippen LogP contribution in [0, 0.1) is 5.92 Å². The summed E-state index contributed by atoms with van der Waals surface area (Å²) >= 11 is 6.21. The molecule has 1 aliphatic heterocycles. The van der Waals surface area contributed by atoms with Gasteiger partial charge in [-0.05, 0) is 55.5 Å². The molecule has 1 N–H and O–H groups in total. The van der Waals surface area contributed by atoms with Crippen LogP contribution in [-0.4, -0.2) is 37.8 Å². The second-order valence-corrected chi connectivity index (χ2v) is 10.1. The van der Waals surface area contributed by atoms with Crippen molar-refractivity contribution in [2.24, 2.45) is 5.92 Å². The summed E-state index contributed by atoms with van der Waals surface area (Å²) in [6.07, 6.45) is 4.41. The van der Waals surface area contributed by atoms with E-state index in [1.165, 1.54) is 6.42 Å². The molecule has 5 rings (SSSR count). The van der Waals surface area contributed by atoms with Crippen LogP contribution < -0.4 is 5.32 Å². The molecule has 0 bridgehead atoms. The maximum Gasteiger partial charge on any atom is 0.291 e. The van der Waals surface area contributed by atoms with E-state index in [1.54, 1.807) is 11.0 Å². The van der Waals surface area contributed by atoms with Crippen molar-refractivity contribution in [3.05, 3.63) is 64.9 Å². The molecule has 2 heterocycles. The summed E-state index contributed by atoms with van der Waals surface area (Å²) < 4.78 is 1.90. The molecule has 0 radical (unpaired) electrons. The monoisotopic (exact) mass is 464 g/mol. The Morgan fingerprint density at radius 3 is 2.76 bits per heavy atom. The van der Waals surface area contributed by atoms with Gasteiger partial charge in [0.05, 0.1) is 17.6 Å². The summed E-state index contributed by atoms with van der Waals surface area (Å²) in [4.78, 5) is 33.9. The molecule has 1 aromatic heterocycles. The molecule has 1 fully saturated rings. The minimum absolute atomic E-state index is 0.111. The van der Waals surface area contributed by atoms with Crippen LogP contribution in [0.5, 0.6) is 0 Å². The van der Waals surface area contributed by atoms with E-state index in [0.717, 1.165) is 35.9 Å². The normalized spacial score (nSPS) is 25.2. The Morgan fingerprint density at radius 2 is 1.97 bits per heavy atom. The first-order valence-electron chi connectivity index (χ1n) is 11.7. The minimum Gasteiger partial charge on any atom is -0.351 e. The topological polar surface area (TPSA) is 67.2 Å². The highest BCUT2D eigenvalue weighted by molar-refractivity contribution is 6.30. The Hall–Kier alpha value is -2.86. The van der Waals surface area contributed by atoms with Gasteiger partial charge in [-0.3, -0.25) is 9.59 Å². The third kappa shape index (κ3) is 3.90. The van der Waals surface area contributed by atoms with E-state index in [2.05, 4.69) is 17.2 Å². The number of imidazole rings is 1. The number of benzene rings is 2. The summed E-state index contributed by atoms with van der Waals surface area (Å²) in [7, 11) is 0. The van der Waals surface area contributed by atoms with E-state index in [0.29, 0.717) is 23.3 Å². The standard InChI is InChI=1S/C26H29ClN4O2/c1-17-8-3-4-11-20(17)29-25(33)26(2)16-30-22-13-6-5-12-21(22)28-23(30)24(32)31(26)15-18-9-7-10-19(27)14-18/h5-7,9-10,12-14,17,20H,3-4,8,11,15-16H2,1-2H3,(H,29,33)/t17-,20-,26+/m1/s1. The molecule has 3 aromatic rings. The summed E-state index contributed by atoms with van der Waals surface area (Å²) in [5, 5.41) is 3.91. The maximum atomic E-state index is 13.8. The average molecular weight is 465 g/mol. The van der Waals surface area contributed by atoms with Crippen LogP contribution in [0.3, 0.4) is 0 Å². The molecule has 0 saturated heterocycles. The van der Waals surface area contributed by atoms with Crippen molar-refractivity contribution >= 4 is 34.4 Å². The Balaban J connectivity index is 1.55. The molecule has 0 unspecified atom stereocenters. The fourth-order valence-corrected chi connectivity index (χ4v) is 5.46. The molecule has 2 aromatic carbocycles. The number of carbonyl (C=O) groups excluding carboxylic acids is 2. The van der Waals surface area contributed by atoms with Crippen molar-refractivity contribution in [1.29, 1.82) is 0 Å². The second-order valence-electron chi connectivity index (χ2n) is 9.65. The fourth-order valence-electron chi connectivity index (χ4n) is 5.25. The summed E-state index contributed by atoms with van der Waals surface area (Å²) in [6.45, 7) is 4.70. The zero-order chi connectivity index (χ0) is 23.2. The van der Waals surface area contributed by atoms with Crippen LogP contribution in [0.25, 0.3) is 11.0 Å². The van der Waals surface area contributed by atoms with Crippen LogP contribution in [-0.2, 0) is 17.9 Å². The van der Waals surface area contributed by atoms with Gasteiger partial charge in [0, 0.05) is 17.6 Å². The Kier molecular flexibility index (Phi) is 5.65. The number of hydrogen-bond acceptors (Lipinski definition) is 3. The number of aromatic nitrogens is 2. The Morgan fingerprint density at radius 1 is 1.18 bits per heavy atom. The molecular formula is C26H29ClN4O2. The lowest BCUT2D eigenvalue weighted by atomic mass is 9.85. The molecule has 3 atom stereocenters. The van der Waals surface area contributed by atoms with Crippen molar-refractivity contribution < 1.29 is 9.59 Å². The van der Waals surface area contributed by atoms with E-state index in [9.17, 15) is 9.59 Å². The number of nitrogens with zero attached hydrogens (tertiary/aromatic N) is 3. The largest absolute Gasteiger partial charge is 0.351 e. The molecular weight excluding hydrogens is 436 g/mol. The van der Waals surface area contributed by atoms with Crippen LogP contribution in [0.2, 0.25) is 5.02 Å². The molecule has 2 aliphatic rings. The predicted octanol–water partition coefficient (Wildman–Crippen LogP) is 4.80. The summed E-state index contributed by atoms with van der Waals surface area (Å²) in [5.41, 5.74) is 1.44. The van der Waals surface area contributed by atoms with Crippen molar-refractivity contribution in [2.75, 3.05) is 0 Å². The highest BCUT2D eigenvalue weighted by Crippen LogP contribution is 2.33. The van der Waals surface area contributed by atoms with E-state index in [-0.39, 0.29) is 24.4 Å². The first kappa shape index (κ1) is 22.0. The minimum atomic E-state index is -1.06. The molecule has 7 heteroatoms. The number of amides is 2. The maximum absolute atomic E-state index is 13.8. The highest BCUT2D eigenvalue weighted by Gasteiger charge is 2.49. The quantitative estimate of drug-likeness (QED) is 0.603. The SMILES string of the molecule is C[C@@H]1CCCC[C@H]1NC(=O)[C@]1(C)Cn2c(nc3ccccc32)C(=O)N1Cc1cccc(Cl)c1. The average Bonchev–Trinajstić information content (AvgIpc) is 3.17. The van der Waals surface area contributed by atoms with Crippen LogP contribution in [0.4, 0.5) is 0 Å². The molecule has 2 amide bonds. The number of carbonyl (C=O) groups is 2. The van der Waals surface area contributed by atoms with Crippen molar-refractivity contribution in [2.45, 2.75) is 64.2 Å². The first-order valence-corrected chi connectivity index (χ1v) is 12.1. The molecule has 172 valence electrons. The van der Waals surface area contributed by atoms with Gasteiger partial charge in [-0.25, -0.2) is 4.98 Å². The van der Waals surface area contributed by atoms with Gasteiger partial charge in [0.2, 0.25) is 5.91 Å². The highest BCUT2D eigenvalue weighted by atomic mass is 35.5. The van der Waals surface area contributed by atoms with Gasteiger partial charge in [-0.1, -0.05) is 55.6 Å². The van der Waals surface area contributed by atoms with Crippen LogP contribution >= 0.6 is 11.6 Å². The first-order chi connectivity index (χ1) is 15.9. The lowest BCUT2D eigenvalue weighted by Crippen LogP contribution is -2.65. The van der Waals surface area contributed by atoms with Gasteiger partial charge in [0.15, 0.2) is 5.82 Å². The van der Waals surface area contributed by atoms with Gasteiger partial charge < -0.3 is 14.8 Å². The zero-order valence-corrected chi connectivity index (χ0v) is 19.8. The number of hydrogen-bond donors (Lipinski definition) is 1. The van der Waals surface area contributed by atoms with Crippen molar-refractivity contribution in [1.82, 2.24) is 19.8 Å². The van der Waals surface area contributed by atoms with Crippen LogP contribution in [0.1, 0.15) is 55.7 Å². The van der Waals surface area contributed by atoms with E-state index in [4.69, 9.17) is 11.6 Å². The summed E-state index contributed by atoms with van der Waals surface area (Å²) in [6, 6.07) is 15.3. The zero-order valence-electron chi connectivity index (χ0n) is 19.1. The van der Waals surface area contributed by atoms with Crippen LogP contribution in [0.15, 0.2) is 48.5 Å². The lowest BCUT2D eigenvalue weighted by Gasteiger charge is -2.44. The lowest BCUT2D eigenvalue weighted by molar-refractivity contribution is -0.134. The van der Waals surface area contributed by atoms with Crippen molar-refractivity contribution in [3.63, 3.8) is 0 Å². The van der Waals surface area contributed by atoms with Crippen molar-refractivity contribution in [3.8, 4) is 0 Å². The Bertz CT molecular complexity index is 1220. The van der Waals surface area contributed by atoms with Gasteiger partial charge in [-0.15, -0.1) is 0 Å². The third-order valence-electron chi connectivity index (χ3n) is 7.30. The number of fused-ring (bicyclic) bond motifs is 3. The van der Waals surface area contributed by atoms with E-state index < -0.39 is 5.54 Å². The van der Waals surface area contributed by atoms with Gasteiger partial charge in [-0.2, -0.15) is 0 Å². The fraction of sp³-hybridized carbons (Fsp3) is 0.423. The third-order valence-corrected chi connectivity index (χ3v) is 7.53. The smallest absolute Gasteiger partial charge is 0.291 e. The molecule has 0 spiro atoms. The Labute approximate surface area is 198 Å².